The number of carboxylic acids is 1. The van der Waals surface area contributed by atoms with Crippen LogP contribution in [0.3, 0.4) is 0 Å². The molecule has 1 saturated heterocycles. The van der Waals surface area contributed by atoms with Crippen molar-refractivity contribution in [2.75, 3.05) is 0 Å². The molecule has 0 saturated carbocycles. The van der Waals surface area contributed by atoms with Gasteiger partial charge in [0.15, 0.2) is 6.10 Å². The van der Waals surface area contributed by atoms with Crippen LogP contribution in [0, 0.1) is 0 Å². The third-order valence-corrected chi connectivity index (χ3v) is 3.79. The quantitative estimate of drug-likeness (QED) is 0.299. The summed E-state index contributed by atoms with van der Waals surface area (Å²) in [6.45, 7) is 2.25. The number of aliphatic carboxylic acids is 1. The number of unbranched alkanes of at least 4 members (excludes halogenated alkanes) is 9. The van der Waals surface area contributed by atoms with E-state index in [9.17, 15) is 4.79 Å². The van der Waals surface area contributed by atoms with Crippen LogP contribution in [0.4, 0.5) is 0 Å². The van der Waals surface area contributed by atoms with Crippen molar-refractivity contribution >= 4 is 5.97 Å². The van der Waals surface area contributed by atoms with Gasteiger partial charge in [-0.3, -0.25) is 0 Å². The summed E-state index contributed by atoms with van der Waals surface area (Å²) in [6, 6.07) is 0. The molecule has 1 N–H and O–H groups in total. The Morgan fingerprint density at radius 1 is 1.00 bits per heavy atom. The third kappa shape index (κ3) is 9.46. The van der Waals surface area contributed by atoms with Crippen LogP contribution in [0.5, 0.6) is 0 Å². The average Bonchev–Trinajstić information content (AvgIpc) is 3.24. The van der Waals surface area contributed by atoms with Gasteiger partial charge in [0.05, 0.1) is 0 Å². The summed E-state index contributed by atoms with van der Waals surface area (Å²) in [4.78, 5) is 10.5. The van der Waals surface area contributed by atoms with Gasteiger partial charge in [-0.15, -0.1) is 0 Å². The smallest absolute Gasteiger partial charge is 0.335 e. The molecule has 0 radical (unpaired) electrons. The van der Waals surface area contributed by atoms with Crippen molar-refractivity contribution in [1.82, 2.24) is 0 Å². The third-order valence-electron chi connectivity index (χ3n) is 3.79. The molecule has 0 amide bonds. The van der Waals surface area contributed by atoms with Crippen molar-refractivity contribution in [3.63, 3.8) is 0 Å². The van der Waals surface area contributed by atoms with Crippen LogP contribution in [0.2, 0.25) is 0 Å². The first-order chi connectivity index (χ1) is 10.3. The summed E-state index contributed by atoms with van der Waals surface area (Å²) < 4.78 is 4.97. The molecule has 2 unspecified atom stereocenters. The second-order valence-electron chi connectivity index (χ2n) is 5.79. The summed E-state index contributed by atoms with van der Waals surface area (Å²) in [5.74, 6) is -0.872. The fourth-order valence-electron chi connectivity index (χ4n) is 2.39. The van der Waals surface area contributed by atoms with Gasteiger partial charge in [0, 0.05) is 0 Å². The van der Waals surface area contributed by atoms with E-state index in [1.54, 1.807) is 0 Å². The van der Waals surface area contributed by atoms with Crippen molar-refractivity contribution in [2.45, 2.75) is 83.3 Å². The lowest BCUT2D eigenvalue weighted by Gasteiger charge is -2.00. The molecule has 3 nitrogen and oxygen atoms in total. The summed E-state index contributed by atoms with van der Waals surface area (Å²) in [5, 5.41) is 8.65. The Morgan fingerprint density at radius 2 is 1.62 bits per heavy atom. The molecular formula is C18H30O3. The summed E-state index contributed by atoms with van der Waals surface area (Å²) in [6.07, 6.45) is 20.3. The summed E-state index contributed by atoms with van der Waals surface area (Å²) in [5.41, 5.74) is 0. The van der Waals surface area contributed by atoms with Gasteiger partial charge >= 0.3 is 5.97 Å². The Hall–Kier alpha value is -1.09. The fourth-order valence-corrected chi connectivity index (χ4v) is 2.39. The van der Waals surface area contributed by atoms with E-state index in [4.69, 9.17) is 9.84 Å². The van der Waals surface area contributed by atoms with Crippen LogP contribution >= 0.6 is 0 Å². The van der Waals surface area contributed by atoms with E-state index in [0.717, 1.165) is 6.42 Å². The maximum atomic E-state index is 10.5. The van der Waals surface area contributed by atoms with Crippen LogP contribution < -0.4 is 0 Å². The summed E-state index contributed by atoms with van der Waals surface area (Å²) >= 11 is 0. The molecule has 0 aromatic rings. The van der Waals surface area contributed by atoms with Crippen LogP contribution in [-0.2, 0) is 9.53 Å². The van der Waals surface area contributed by atoms with E-state index in [1.807, 2.05) is 18.2 Å². The molecule has 1 heterocycles. The van der Waals surface area contributed by atoms with E-state index in [0.29, 0.717) is 0 Å². The molecule has 3 heteroatoms. The molecule has 21 heavy (non-hydrogen) atoms. The number of hydrogen-bond acceptors (Lipinski definition) is 2. The van der Waals surface area contributed by atoms with Gasteiger partial charge in [0.25, 0.3) is 0 Å². The molecule has 0 aromatic carbocycles. The molecule has 1 fully saturated rings. The molecule has 0 aromatic heterocycles. The average molecular weight is 294 g/mol. The number of carbonyl (C=O) groups is 1. The first-order valence-corrected chi connectivity index (χ1v) is 8.47. The number of carboxylic acid groups (broad SMARTS) is 1. The van der Waals surface area contributed by atoms with Crippen LogP contribution in [-0.4, -0.2) is 23.3 Å². The molecule has 1 rings (SSSR count). The maximum Gasteiger partial charge on any atom is 0.335 e. The Bertz CT molecular complexity index is 333. The minimum Gasteiger partial charge on any atom is -0.479 e. The minimum absolute atomic E-state index is 0.222. The topological polar surface area (TPSA) is 49.8 Å². The van der Waals surface area contributed by atoms with Gasteiger partial charge in [-0.2, -0.15) is 0 Å². The molecular weight excluding hydrogens is 264 g/mol. The Balaban J connectivity index is 1.83. The fraction of sp³-hybridized carbons (Fsp3) is 0.722. The first-order valence-electron chi connectivity index (χ1n) is 8.47. The predicted octanol–water partition coefficient (Wildman–Crippen LogP) is 4.87. The molecule has 0 bridgehead atoms. The maximum absolute atomic E-state index is 10.5. The normalized spacial score (nSPS) is 21.4. The molecule has 120 valence electrons. The Morgan fingerprint density at radius 3 is 2.19 bits per heavy atom. The van der Waals surface area contributed by atoms with Gasteiger partial charge in [-0.1, -0.05) is 82.6 Å². The van der Waals surface area contributed by atoms with Crippen LogP contribution in [0.1, 0.15) is 71.1 Å². The number of rotatable bonds is 13. The molecule has 1 aliphatic rings. The van der Waals surface area contributed by atoms with Gasteiger partial charge in [-0.05, 0) is 12.8 Å². The lowest BCUT2D eigenvalue weighted by Crippen LogP contribution is -2.06. The second kappa shape index (κ2) is 11.6. The highest BCUT2D eigenvalue weighted by atomic mass is 16.6. The molecule has 2 atom stereocenters. The van der Waals surface area contributed by atoms with Crippen molar-refractivity contribution in [2.24, 2.45) is 0 Å². The van der Waals surface area contributed by atoms with Gasteiger partial charge in [0.2, 0.25) is 0 Å². The lowest BCUT2D eigenvalue weighted by atomic mass is 10.1. The monoisotopic (exact) mass is 294 g/mol. The summed E-state index contributed by atoms with van der Waals surface area (Å²) in [7, 11) is 0. The SMILES string of the molecule is CCCCCCCCCCCC=CC=CC1OC1C(=O)O. The zero-order valence-electron chi connectivity index (χ0n) is 13.3. The highest BCUT2D eigenvalue weighted by molar-refractivity contribution is 5.76. The zero-order chi connectivity index (χ0) is 15.3. The van der Waals surface area contributed by atoms with Crippen molar-refractivity contribution in [1.29, 1.82) is 0 Å². The Kier molecular flexibility index (Phi) is 9.88. The first kappa shape index (κ1) is 18.0. The molecule has 0 aliphatic carbocycles. The van der Waals surface area contributed by atoms with E-state index >= 15 is 0 Å². The van der Waals surface area contributed by atoms with Gasteiger partial charge in [0.1, 0.15) is 6.10 Å². The highest BCUT2D eigenvalue weighted by Crippen LogP contribution is 2.23. The second-order valence-corrected chi connectivity index (χ2v) is 5.79. The van der Waals surface area contributed by atoms with E-state index in [1.165, 1.54) is 57.8 Å². The van der Waals surface area contributed by atoms with Gasteiger partial charge < -0.3 is 9.84 Å². The van der Waals surface area contributed by atoms with E-state index < -0.39 is 12.1 Å². The van der Waals surface area contributed by atoms with E-state index in [-0.39, 0.29) is 6.10 Å². The lowest BCUT2D eigenvalue weighted by molar-refractivity contribution is -0.138. The number of ether oxygens (including phenoxy) is 1. The highest BCUT2D eigenvalue weighted by Gasteiger charge is 2.43. The van der Waals surface area contributed by atoms with Crippen LogP contribution in [0.25, 0.3) is 0 Å². The standard InChI is InChI=1S/C18H30O3/c1-2-3-4-5-6-7-8-9-10-11-12-13-14-15-16-17(21-16)18(19)20/h12-17H,2-11H2,1H3,(H,19,20). The molecule has 0 spiro atoms. The van der Waals surface area contributed by atoms with Crippen molar-refractivity contribution < 1.29 is 14.6 Å². The predicted molar refractivity (Wildman–Crippen MR) is 86.4 cm³/mol. The molecule has 1 aliphatic heterocycles. The minimum atomic E-state index is -0.872. The van der Waals surface area contributed by atoms with Gasteiger partial charge in [-0.25, -0.2) is 4.79 Å². The van der Waals surface area contributed by atoms with E-state index in [2.05, 4.69) is 13.0 Å². The van der Waals surface area contributed by atoms with Crippen molar-refractivity contribution in [3.8, 4) is 0 Å². The number of allylic oxidation sites excluding steroid dienone is 3. The number of epoxide rings is 1. The van der Waals surface area contributed by atoms with Crippen LogP contribution in [0.15, 0.2) is 24.3 Å². The largest absolute Gasteiger partial charge is 0.479 e. The van der Waals surface area contributed by atoms with Crippen molar-refractivity contribution in [3.05, 3.63) is 24.3 Å². The zero-order valence-corrected chi connectivity index (χ0v) is 13.3. The Labute approximate surface area is 129 Å². The number of hydrogen-bond donors (Lipinski definition) is 1.